The first-order valence-corrected chi connectivity index (χ1v) is 13.8. The van der Waals surface area contributed by atoms with Gasteiger partial charge in [0.1, 0.15) is 11.4 Å². The molecular formula is C29H39N5O3. The van der Waals surface area contributed by atoms with Crippen molar-refractivity contribution in [2.45, 2.75) is 71.4 Å². The molecule has 2 aliphatic rings. The summed E-state index contributed by atoms with van der Waals surface area (Å²) in [7, 11) is 1.63. The Morgan fingerprint density at radius 3 is 2.73 bits per heavy atom. The van der Waals surface area contributed by atoms with Gasteiger partial charge in [0.15, 0.2) is 0 Å². The molecule has 8 nitrogen and oxygen atoms in total. The number of carbonyl (C=O) groups is 1. The number of nitrogens with one attached hydrogen (secondary N) is 1. The fraction of sp³-hybridized carbons (Fsp3) is 0.552. The van der Waals surface area contributed by atoms with Crippen LogP contribution in [0.3, 0.4) is 0 Å². The van der Waals surface area contributed by atoms with Crippen LogP contribution in [-0.4, -0.2) is 57.8 Å². The van der Waals surface area contributed by atoms with Crippen LogP contribution in [0.5, 0.6) is 5.75 Å². The van der Waals surface area contributed by atoms with Crippen LogP contribution in [-0.2, 0) is 17.8 Å². The van der Waals surface area contributed by atoms with Crippen LogP contribution in [0.15, 0.2) is 35.1 Å². The number of likely N-dealkylation sites (tertiary alicyclic amines) is 1. The predicted octanol–water partition coefficient (Wildman–Crippen LogP) is 3.81. The minimum Gasteiger partial charge on any atom is -0.496 e. The zero-order chi connectivity index (χ0) is 25.9. The number of nitrogens with zero attached hydrogens (tertiary/aromatic N) is 4. The number of para-hydroxylation sites is 1. The second-order valence-electron chi connectivity index (χ2n) is 10.5. The van der Waals surface area contributed by atoms with Crippen molar-refractivity contribution in [1.29, 1.82) is 0 Å². The second-order valence-corrected chi connectivity index (χ2v) is 10.5. The fourth-order valence-electron chi connectivity index (χ4n) is 6.22. The molecule has 1 atom stereocenters. The number of aryl methyl sites for hydroxylation is 1. The molecule has 2 fully saturated rings. The summed E-state index contributed by atoms with van der Waals surface area (Å²) in [6.07, 6.45) is 7.22. The molecule has 3 aromatic rings. The topological polar surface area (TPSA) is 80.9 Å². The van der Waals surface area contributed by atoms with Crippen molar-refractivity contribution in [3.8, 4) is 17.0 Å². The molecule has 198 valence electrons. The first-order chi connectivity index (χ1) is 18.0. The molecule has 0 radical (unpaired) electrons. The maximum absolute atomic E-state index is 13.5. The van der Waals surface area contributed by atoms with E-state index in [4.69, 9.17) is 4.74 Å². The van der Waals surface area contributed by atoms with Gasteiger partial charge in [-0.15, -0.1) is 0 Å². The molecule has 1 saturated heterocycles. The van der Waals surface area contributed by atoms with Crippen molar-refractivity contribution < 1.29 is 9.53 Å². The summed E-state index contributed by atoms with van der Waals surface area (Å²) in [5.41, 5.74) is 3.65. The molecule has 1 N–H and O–H groups in total. The first-order valence-electron chi connectivity index (χ1n) is 13.8. The number of hydrogen-bond acceptors (Lipinski definition) is 5. The Morgan fingerprint density at radius 1 is 1.19 bits per heavy atom. The zero-order valence-electron chi connectivity index (χ0n) is 22.3. The maximum atomic E-state index is 13.5. The van der Waals surface area contributed by atoms with E-state index in [1.807, 2.05) is 37.3 Å². The lowest BCUT2D eigenvalue weighted by molar-refractivity contribution is -0.121. The van der Waals surface area contributed by atoms with Gasteiger partial charge >= 0.3 is 0 Å². The summed E-state index contributed by atoms with van der Waals surface area (Å²) in [5, 5.41) is 7.79. The van der Waals surface area contributed by atoms with Crippen molar-refractivity contribution in [3.63, 3.8) is 0 Å². The van der Waals surface area contributed by atoms with Gasteiger partial charge in [-0.3, -0.25) is 9.59 Å². The second kappa shape index (κ2) is 11.1. The Labute approximate surface area is 218 Å². The molecule has 5 rings (SSSR count). The molecule has 1 aliphatic carbocycles. The van der Waals surface area contributed by atoms with Crippen molar-refractivity contribution >= 4 is 11.6 Å². The van der Waals surface area contributed by atoms with Crippen molar-refractivity contribution in [3.05, 3.63) is 51.9 Å². The lowest BCUT2D eigenvalue weighted by Gasteiger charge is -2.23. The Bertz CT molecular complexity index is 1320. The summed E-state index contributed by atoms with van der Waals surface area (Å²) in [5.74, 6) is 1.25. The SMILES string of the molecule is CCn1c(C)c(CCC(=O)NC[C@@H]2CCN(C3CCCC3)C2)c(=O)n2nc(-c3ccccc3OC)cc12. The smallest absolute Gasteiger partial charge is 0.277 e. The van der Waals surface area contributed by atoms with Gasteiger partial charge in [-0.05, 0) is 64.1 Å². The van der Waals surface area contributed by atoms with Crippen LogP contribution in [0.2, 0.25) is 0 Å². The first kappa shape index (κ1) is 25.5. The van der Waals surface area contributed by atoms with Crippen molar-refractivity contribution in [2.24, 2.45) is 5.92 Å². The molecule has 1 saturated carbocycles. The lowest BCUT2D eigenvalue weighted by atomic mass is 10.1. The van der Waals surface area contributed by atoms with E-state index in [1.165, 1.54) is 30.2 Å². The van der Waals surface area contributed by atoms with E-state index in [9.17, 15) is 9.59 Å². The number of benzene rings is 1. The predicted molar refractivity (Wildman–Crippen MR) is 145 cm³/mol. The summed E-state index contributed by atoms with van der Waals surface area (Å²) < 4.78 is 9.07. The Kier molecular flexibility index (Phi) is 7.65. The molecule has 1 amide bonds. The molecule has 1 aromatic carbocycles. The number of fused-ring (bicyclic) bond motifs is 1. The standard InChI is InChI=1S/C29H39N5O3/c1-4-33-20(2)23(13-14-27(35)30-18-21-15-16-32(19-21)22-9-5-6-10-22)29(36)34-28(33)17-25(31-34)24-11-7-8-12-26(24)37-3/h7-8,11-12,17,21-22H,4-6,9-10,13-16,18-19H2,1-3H3,(H,30,35)/t21-/m0/s1. The number of amides is 1. The van der Waals surface area contributed by atoms with Crippen molar-refractivity contribution in [2.75, 3.05) is 26.7 Å². The van der Waals surface area contributed by atoms with Gasteiger partial charge in [-0.25, -0.2) is 0 Å². The molecule has 0 unspecified atom stereocenters. The van der Waals surface area contributed by atoms with Gasteiger partial charge in [0.25, 0.3) is 5.56 Å². The summed E-state index contributed by atoms with van der Waals surface area (Å²) in [4.78, 5) is 28.8. The third kappa shape index (κ3) is 5.17. The van der Waals surface area contributed by atoms with Crippen LogP contribution in [0.1, 0.15) is 56.7 Å². The van der Waals surface area contributed by atoms with E-state index >= 15 is 0 Å². The maximum Gasteiger partial charge on any atom is 0.277 e. The fourth-order valence-corrected chi connectivity index (χ4v) is 6.22. The Balaban J connectivity index is 1.28. The lowest BCUT2D eigenvalue weighted by Crippen LogP contribution is -2.34. The largest absolute Gasteiger partial charge is 0.496 e. The highest BCUT2D eigenvalue weighted by Crippen LogP contribution is 2.30. The van der Waals surface area contributed by atoms with E-state index in [1.54, 1.807) is 7.11 Å². The van der Waals surface area contributed by atoms with Crippen LogP contribution < -0.4 is 15.6 Å². The molecule has 0 spiro atoms. The van der Waals surface area contributed by atoms with Gasteiger partial charge < -0.3 is 19.5 Å². The molecule has 2 aromatic heterocycles. The van der Waals surface area contributed by atoms with Gasteiger partial charge in [0.05, 0.1) is 12.8 Å². The van der Waals surface area contributed by atoms with E-state index < -0.39 is 0 Å². The highest BCUT2D eigenvalue weighted by molar-refractivity contribution is 5.76. The van der Waals surface area contributed by atoms with E-state index in [-0.39, 0.29) is 11.5 Å². The minimum atomic E-state index is -0.158. The average molecular weight is 506 g/mol. The zero-order valence-corrected chi connectivity index (χ0v) is 22.3. The number of ether oxygens (including phenoxy) is 1. The van der Waals surface area contributed by atoms with Gasteiger partial charge in [-0.1, -0.05) is 25.0 Å². The third-order valence-electron chi connectivity index (χ3n) is 8.31. The van der Waals surface area contributed by atoms with Gasteiger partial charge in [-0.2, -0.15) is 9.61 Å². The summed E-state index contributed by atoms with van der Waals surface area (Å²) in [6, 6.07) is 10.4. The van der Waals surface area contributed by atoms with Crippen LogP contribution in [0.25, 0.3) is 16.9 Å². The van der Waals surface area contributed by atoms with Gasteiger partial charge in [0, 0.05) is 55.0 Å². The Morgan fingerprint density at radius 2 is 1.97 bits per heavy atom. The third-order valence-corrected chi connectivity index (χ3v) is 8.31. The van der Waals surface area contributed by atoms with Crippen LogP contribution >= 0.6 is 0 Å². The summed E-state index contributed by atoms with van der Waals surface area (Å²) >= 11 is 0. The quantitative estimate of drug-likeness (QED) is 0.478. The van der Waals surface area contributed by atoms with E-state index in [2.05, 4.69) is 26.8 Å². The average Bonchev–Trinajstić information content (AvgIpc) is 3.68. The number of rotatable bonds is 9. The molecule has 0 bridgehead atoms. The summed E-state index contributed by atoms with van der Waals surface area (Å²) in [6.45, 7) is 7.69. The van der Waals surface area contributed by atoms with E-state index in [0.29, 0.717) is 42.3 Å². The highest BCUT2D eigenvalue weighted by Gasteiger charge is 2.30. The molecule has 37 heavy (non-hydrogen) atoms. The Hall–Kier alpha value is -3.13. The minimum absolute atomic E-state index is 0.0106. The van der Waals surface area contributed by atoms with Crippen LogP contribution in [0.4, 0.5) is 0 Å². The highest BCUT2D eigenvalue weighted by atomic mass is 16.5. The van der Waals surface area contributed by atoms with Crippen LogP contribution in [0, 0.1) is 12.8 Å². The van der Waals surface area contributed by atoms with E-state index in [0.717, 1.165) is 49.0 Å². The number of methoxy groups -OCH3 is 1. The number of carbonyl (C=O) groups excluding carboxylic acids is 1. The van der Waals surface area contributed by atoms with Gasteiger partial charge in [0.2, 0.25) is 5.91 Å². The van der Waals surface area contributed by atoms with Crippen molar-refractivity contribution in [1.82, 2.24) is 24.4 Å². The molecule has 3 heterocycles. The number of aromatic nitrogens is 3. The number of hydrogen-bond donors (Lipinski definition) is 1. The normalized spacial score (nSPS) is 18.6. The molecule has 1 aliphatic heterocycles. The molecular weight excluding hydrogens is 466 g/mol. The molecule has 8 heteroatoms. The monoisotopic (exact) mass is 505 g/mol.